The van der Waals surface area contributed by atoms with E-state index >= 15 is 0 Å². The van der Waals surface area contributed by atoms with Gasteiger partial charge >= 0.3 is 0 Å². The molecule has 5 heteroatoms. The molecule has 0 aliphatic heterocycles. The summed E-state index contributed by atoms with van der Waals surface area (Å²) in [5, 5.41) is 6.13. The van der Waals surface area contributed by atoms with Crippen LogP contribution in [0.3, 0.4) is 0 Å². The lowest BCUT2D eigenvalue weighted by atomic mass is 9.95. The van der Waals surface area contributed by atoms with Crippen molar-refractivity contribution in [1.29, 1.82) is 0 Å². The lowest BCUT2D eigenvalue weighted by Gasteiger charge is -2.14. The predicted octanol–water partition coefficient (Wildman–Crippen LogP) is 6.84. The number of rotatable bonds is 6. The highest BCUT2D eigenvalue weighted by atomic mass is 32.1. The minimum atomic E-state index is 0.506. The minimum absolute atomic E-state index is 0.506. The van der Waals surface area contributed by atoms with Crippen molar-refractivity contribution >= 4 is 27.1 Å². The molecule has 3 heterocycles. The number of ether oxygens (including phenoxy) is 1. The van der Waals surface area contributed by atoms with Crippen LogP contribution in [0.4, 0.5) is 0 Å². The lowest BCUT2D eigenvalue weighted by molar-refractivity contribution is 0.341. The second kappa shape index (κ2) is 7.79. The van der Waals surface area contributed by atoms with Crippen LogP contribution in [0.1, 0.15) is 62.0 Å². The van der Waals surface area contributed by atoms with Crippen LogP contribution in [0.5, 0.6) is 5.75 Å². The van der Waals surface area contributed by atoms with E-state index in [1.807, 2.05) is 18.3 Å². The Morgan fingerprint density at radius 3 is 2.52 bits per heavy atom. The van der Waals surface area contributed by atoms with Gasteiger partial charge in [-0.2, -0.15) is 5.10 Å². The maximum atomic E-state index is 5.72. The average molecular weight is 408 g/mol. The summed E-state index contributed by atoms with van der Waals surface area (Å²) >= 11 is 1.81. The second-order valence-corrected chi connectivity index (χ2v) is 8.74. The highest BCUT2D eigenvalue weighted by Gasteiger charge is 2.22. The van der Waals surface area contributed by atoms with Crippen LogP contribution < -0.4 is 4.74 Å². The van der Waals surface area contributed by atoms with E-state index in [4.69, 9.17) is 14.8 Å². The number of fused-ring (bicyclic) bond motifs is 2. The largest absolute Gasteiger partial charge is 0.494 e. The molecule has 152 valence electrons. The van der Waals surface area contributed by atoms with Gasteiger partial charge < -0.3 is 4.74 Å². The fourth-order valence-corrected chi connectivity index (χ4v) is 5.52. The van der Waals surface area contributed by atoms with Crippen molar-refractivity contribution < 1.29 is 4.74 Å². The Hall–Kier alpha value is -2.40. The van der Waals surface area contributed by atoms with E-state index in [0.717, 1.165) is 41.3 Å². The summed E-state index contributed by atoms with van der Waals surface area (Å²) in [6.07, 6.45) is 2.22. The highest BCUT2D eigenvalue weighted by molar-refractivity contribution is 7.22. The van der Waals surface area contributed by atoms with Gasteiger partial charge in [-0.3, -0.25) is 0 Å². The van der Waals surface area contributed by atoms with E-state index in [1.165, 1.54) is 26.1 Å². The second-order valence-electron chi connectivity index (χ2n) is 7.68. The third-order valence-corrected chi connectivity index (χ3v) is 7.05. The van der Waals surface area contributed by atoms with Gasteiger partial charge in [0.25, 0.3) is 0 Å². The summed E-state index contributed by atoms with van der Waals surface area (Å²) in [6.45, 7) is 13.6. The van der Waals surface area contributed by atoms with E-state index in [-0.39, 0.29) is 0 Å². The number of benzene rings is 1. The van der Waals surface area contributed by atoms with Gasteiger partial charge in [0, 0.05) is 10.3 Å². The van der Waals surface area contributed by atoms with Crippen LogP contribution in [0, 0.1) is 20.8 Å². The zero-order valence-corrected chi connectivity index (χ0v) is 19.0. The Labute approximate surface area is 176 Å². The molecule has 29 heavy (non-hydrogen) atoms. The molecular formula is C24H29N3OS. The van der Waals surface area contributed by atoms with E-state index in [0.29, 0.717) is 12.5 Å². The first-order chi connectivity index (χ1) is 14.0. The molecule has 0 saturated carbocycles. The molecule has 4 aromatic rings. The Kier molecular flexibility index (Phi) is 5.34. The third kappa shape index (κ3) is 3.31. The number of aryl methyl sites for hydroxylation is 3. The van der Waals surface area contributed by atoms with Crippen LogP contribution in [0.2, 0.25) is 0 Å². The summed E-state index contributed by atoms with van der Waals surface area (Å²) in [5.74, 6) is 1.43. The Morgan fingerprint density at radius 1 is 1.07 bits per heavy atom. The van der Waals surface area contributed by atoms with Crippen molar-refractivity contribution in [3.63, 3.8) is 0 Å². The quantitative estimate of drug-likeness (QED) is 0.351. The molecule has 0 fully saturated rings. The summed E-state index contributed by atoms with van der Waals surface area (Å²) in [4.78, 5) is 6.23. The topological polar surface area (TPSA) is 39.4 Å². The Balaban J connectivity index is 1.97. The molecular weight excluding hydrogens is 378 g/mol. The SMILES string of the molecule is CCOc1ccc2sc(-c3c(C)nc4c(C(CC)CC)cc(C)nn34)c(C)c2c1. The summed E-state index contributed by atoms with van der Waals surface area (Å²) in [5.41, 5.74) is 6.78. The highest BCUT2D eigenvalue weighted by Crippen LogP contribution is 2.41. The van der Waals surface area contributed by atoms with Crippen LogP contribution in [0.15, 0.2) is 24.3 Å². The monoisotopic (exact) mass is 407 g/mol. The van der Waals surface area contributed by atoms with Crippen LogP contribution in [-0.4, -0.2) is 21.2 Å². The molecule has 1 aromatic carbocycles. The normalized spacial score (nSPS) is 11.8. The molecule has 0 bridgehead atoms. The number of thiophene rings is 1. The van der Waals surface area contributed by atoms with Gasteiger partial charge in [0.1, 0.15) is 11.4 Å². The van der Waals surface area contributed by atoms with Gasteiger partial charge in [-0.1, -0.05) is 13.8 Å². The molecule has 0 radical (unpaired) electrons. The van der Waals surface area contributed by atoms with Crippen molar-refractivity contribution in [1.82, 2.24) is 14.6 Å². The Bertz CT molecular complexity index is 1180. The molecule has 0 aliphatic carbocycles. The lowest BCUT2D eigenvalue weighted by Crippen LogP contribution is -2.05. The third-order valence-electron chi connectivity index (χ3n) is 5.77. The molecule has 4 nitrogen and oxygen atoms in total. The van der Waals surface area contributed by atoms with Gasteiger partial charge in [0.05, 0.1) is 22.9 Å². The molecule has 3 aromatic heterocycles. The zero-order valence-electron chi connectivity index (χ0n) is 18.2. The predicted molar refractivity (Wildman–Crippen MR) is 123 cm³/mol. The first-order valence-electron chi connectivity index (χ1n) is 10.5. The van der Waals surface area contributed by atoms with E-state index < -0.39 is 0 Å². The molecule has 0 amide bonds. The molecule has 0 spiro atoms. The van der Waals surface area contributed by atoms with Gasteiger partial charge in [-0.25, -0.2) is 9.50 Å². The first-order valence-corrected chi connectivity index (χ1v) is 11.3. The van der Waals surface area contributed by atoms with Crippen molar-refractivity contribution in [3.8, 4) is 16.3 Å². The van der Waals surface area contributed by atoms with Gasteiger partial charge in [-0.05, 0) is 81.7 Å². The van der Waals surface area contributed by atoms with Gasteiger partial charge in [0.15, 0.2) is 5.65 Å². The van der Waals surface area contributed by atoms with Crippen LogP contribution >= 0.6 is 11.3 Å². The van der Waals surface area contributed by atoms with Crippen LogP contribution in [0.25, 0.3) is 26.3 Å². The van der Waals surface area contributed by atoms with Crippen molar-refractivity contribution in [2.45, 2.75) is 60.3 Å². The molecule has 4 rings (SSSR count). The molecule has 0 aliphatic rings. The fraction of sp³-hybridized carbons (Fsp3) is 0.417. The molecule has 0 N–H and O–H groups in total. The van der Waals surface area contributed by atoms with Crippen LogP contribution in [-0.2, 0) is 0 Å². The van der Waals surface area contributed by atoms with Crippen molar-refractivity contribution in [2.75, 3.05) is 6.61 Å². The molecule has 0 saturated heterocycles. The molecule has 0 unspecified atom stereocenters. The number of hydrogen-bond acceptors (Lipinski definition) is 4. The summed E-state index contributed by atoms with van der Waals surface area (Å²) in [7, 11) is 0. The number of nitrogens with zero attached hydrogens (tertiary/aromatic N) is 3. The zero-order chi connectivity index (χ0) is 20.7. The average Bonchev–Trinajstić information content (AvgIpc) is 3.19. The summed E-state index contributed by atoms with van der Waals surface area (Å²) in [6, 6.07) is 8.59. The first kappa shape index (κ1) is 19.9. The number of aromatic nitrogens is 3. The summed E-state index contributed by atoms with van der Waals surface area (Å²) < 4.78 is 9.07. The van der Waals surface area contributed by atoms with Crippen molar-refractivity contribution in [2.24, 2.45) is 0 Å². The van der Waals surface area contributed by atoms with E-state index in [2.05, 4.69) is 63.4 Å². The van der Waals surface area contributed by atoms with E-state index in [1.54, 1.807) is 0 Å². The standard InChI is InChI=1S/C24H29N3OS/c1-7-17(8-2)20-12-14(4)26-27-22(16(6)25-24(20)27)23-15(5)19-13-18(28-9-3)10-11-21(19)29-23/h10-13,17H,7-9H2,1-6H3. The Morgan fingerprint density at radius 2 is 1.83 bits per heavy atom. The fourth-order valence-electron chi connectivity index (χ4n) is 4.25. The number of imidazole rings is 1. The minimum Gasteiger partial charge on any atom is -0.494 e. The number of hydrogen-bond donors (Lipinski definition) is 0. The van der Waals surface area contributed by atoms with Gasteiger partial charge in [-0.15, -0.1) is 11.3 Å². The van der Waals surface area contributed by atoms with Gasteiger partial charge in [0.2, 0.25) is 0 Å². The smallest absolute Gasteiger partial charge is 0.158 e. The van der Waals surface area contributed by atoms with Crippen molar-refractivity contribution in [3.05, 3.63) is 46.8 Å². The van der Waals surface area contributed by atoms with E-state index in [9.17, 15) is 0 Å². The molecule has 0 atom stereocenters. The maximum Gasteiger partial charge on any atom is 0.158 e. The maximum absolute atomic E-state index is 5.72.